The Bertz CT molecular complexity index is 3840. The van der Waals surface area contributed by atoms with Gasteiger partial charge in [-0.2, -0.15) is 9.97 Å². The van der Waals surface area contributed by atoms with Gasteiger partial charge in [0.2, 0.25) is 11.8 Å². The van der Waals surface area contributed by atoms with E-state index < -0.39 is 0 Å². The first-order chi connectivity index (χ1) is 29.7. The summed E-state index contributed by atoms with van der Waals surface area (Å²) < 4.78 is 13.7. The van der Waals surface area contributed by atoms with E-state index in [1.54, 1.807) is 11.3 Å². The molecule has 0 radical (unpaired) electrons. The second-order valence-electron chi connectivity index (χ2n) is 15.0. The Morgan fingerprint density at radius 3 is 1.83 bits per heavy atom. The molecule has 0 aliphatic heterocycles. The molecule has 0 aliphatic rings. The lowest BCUT2D eigenvalue weighted by Gasteiger charge is -2.13. The number of hydrogen-bond donors (Lipinski definition) is 0. The van der Waals surface area contributed by atoms with Gasteiger partial charge in [0.05, 0.1) is 27.6 Å². The largest absolute Gasteiger partial charge is 0.435 e. The summed E-state index contributed by atoms with van der Waals surface area (Å²) in [5.41, 5.74) is 9.17. The summed E-state index contributed by atoms with van der Waals surface area (Å²) in [6.07, 6.45) is 0. The van der Waals surface area contributed by atoms with Crippen LogP contribution in [0, 0.1) is 0 Å². The molecule has 13 aromatic rings. The molecule has 7 nitrogen and oxygen atoms in total. The Hall–Kier alpha value is -7.94. The molecule has 0 aliphatic carbocycles. The molecular formula is C52H30N6OS. The maximum absolute atomic E-state index is 6.59. The van der Waals surface area contributed by atoms with E-state index in [0.717, 1.165) is 66.1 Å². The fraction of sp³-hybridized carbons (Fsp3) is 0. The van der Waals surface area contributed by atoms with E-state index >= 15 is 0 Å². The first-order valence-electron chi connectivity index (χ1n) is 19.9. The van der Waals surface area contributed by atoms with Crippen molar-refractivity contribution in [2.75, 3.05) is 0 Å². The average Bonchev–Trinajstić information content (AvgIpc) is 4.08. The number of fused-ring (bicyclic) bond motifs is 11. The van der Waals surface area contributed by atoms with Gasteiger partial charge in [0.1, 0.15) is 5.52 Å². The molecule has 0 saturated heterocycles. The molecule has 60 heavy (non-hydrogen) atoms. The second-order valence-corrected chi connectivity index (χ2v) is 16.1. The lowest BCUT2D eigenvalue weighted by molar-refractivity contribution is 0.620. The van der Waals surface area contributed by atoms with Crippen LogP contribution in [-0.2, 0) is 0 Å². The SMILES string of the molecule is c1ccc(-c2nc3cccc(-c4nc(-c5ccc6sc7ccccc7c6c5)nc(-n5c6ccccc6c6ccc7c8ccccc8n(-c8ccccc8)c7c65)n4)c3o2)cc1. The smallest absolute Gasteiger partial charge is 0.238 e. The number of nitrogens with zero attached hydrogens (tertiary/aromatic N) is 6. The van der Waals surface area contributed by atoms with Crippen molar-refractivity contribution in [1.29, 1.82) is 0 Å². The van der Waals surface area contributed by atoms with Gasteiger partial charge in [-0.05, 0) is 72.8 Å². The Morgan fingerprint density at radius 2 is 1.05 bits per heavy atom. The molecule has 5 aromatic heterocycles. The molecule has 0 bridgehead atoms. The molecule has 5 heterocycles. The summed E-state index contributed by atoms with van der Waals surface area (Å²) in [5, 5.41) is 6.93. The highest BCUT2D eigenvalue weighted by atomic mass is 32.1. The third-order valence-corrected chi connectivity index (χ3v) is 12.8. The van der Waals surface area contributed by atoms with Gasteiger partial charge in [0.25, 0.3) is 0 Å². The van der Waals surface area contributed by atoms with Crippen molar-refractivity contribution < 1.29 is 4.42 Å². The first-order valence-corrected chi connectivity index (χ1v) is 20.7. The summed E-state index contributed by atoms with van der Waals surface area (Å²) >= 11 is 1.79. The molecule has 0 atom stereocenters. The molecule has 0 saturated carbocycles. The Labute approximate surface area is 346 Å². The maximum Gasteiger partial charge on any atom is 0.238 e. The Balaban J connectivity index is 1.15. The third-order valence-electron chi connectivity index (χ3n) is 11.6. The number of rotatable bonds is 5. The number of benzene rings is 8. The van der Waals surface area contributed by atoms with Crippen LogP contribution in [0.4, 0.5) is 0 Å². The highest BCUT2D eigenvalue weighted by Crippen LogP contribution is 2.42. The topological polar surface area (TPSA) is 74.6 Å². The Morgan fingerprint density at radius 1 is 0.417 bits per heavy atom. The van der Waals surface area contributed by atoms with E-state index in [1.165, 1.54) is 25.6 Å². The van der Waals surface area contributed by atoms with Crippen LogP contribution in [0.3, 0.4) is 0 Å². The Kier molecular flexibility index (Phi) is 7.05. The van der Waals surface area contributed by atoms with Crippen LogP contribution >= 0.6 is 11.3 Å². The van der Waals surface area contributed by atoms with E-state index in [-0.39, 0.29) is 0 Å². The monoisotopic (exact) mass is 786 g/mol. The zero-order valence-electron chi connectivity index (χ0n) is 31.8. The quantitative estimate of drug-likeness (QED) is 0.174. The van der Waals surface area contributed by atoms with Crippen LogP contribution in [0.15, 0.2) is 186 Å². The summed E-state index contributed by atoms with van der Waals surface area (Å²) in [4.78, 5) is 21.0. The molecule has 13 rings (SSSR count). The average molecular weight is 787 g/mol. The number of hydrogen-bond acceptors (Lipinski definition) is 6. The summed E-state index contributed by atoms with van der Waals surface area (Å²) in [6, 6.07) is 63.3. The molecule has 8 aromatic carbocycles. The van der Waals surface area contributed by atoms with E-state index in [9.17, 15) is 0 Å². The van der Waals surface area contributed by atoms with Crippen molar-refractivity contribution in [2.24, 2.45) is 0 Å². The van der Waals surface area contributed by atoms with Gasteiger partial charge in [0, 0.05) is 58.5 Å². The minimum absolute atomic E-state index is 0.494. The van der Waals surface area contributed by atoms with Crippen LogP contribution in [-0.4, -0.2) is 29.1 Å². The predicted molar refractivity (Wildman–Crippen MR) is 245 cm³/mol. The van der Waals surface area contributed by atoms with Crippen LogP contribution < -0.4 is 0 Å². The van der Waals surface area contributed by atoms with E-state index in [4.69, 9.17) is 24.4 Å². The van der Waals surface area contributed by atoms with Crippen LogP contribution in [0.5, 0.6) is 0 Å². The van der Waals surface area contributed by atoms with E-state index in [1.807, 2.05) is 48.5 Å². The number of oxazole rings is 1. The van der Waals surface area contributed by atoms with Gasteiger partial charge in [-0.1, -0.05) is 109 Å². The highest BCUT2D eigenvalue weighted by molar-refractivity contribution is 7.25. The molecular weight excluding hydrogens is 757 g/mol. The molecule has 0 N–H and O–H groups in total. The molecule has 0 spiro atoms. The fourth-order valence-electron chi connectivity index (χ4n) is 8.96. The maximum atomic E-state index is 6.59. The fourth-order valence-corrected chi connectivity index (χ4v) is 10.0. The number of para-hydroxylation sites is 4. The van der Waals surface area contributed by atoms with Crippen molar-refractivity contribution in [3.05, 3.63) is 182 Å². The lowest BCUT2D eigenvalue weighted by Crippen LogP contribution is -2.07. The predicted octanol–water partition coefficient (Wildman–Crippen LogP) is 13.6. The standard InChI is InChI=1S/C52H30N6OS/c1-3-14-31(15-4-1)51-53-41-22-13-21-39(48(41)59-51)50-54-49(32-26-29-45-40(30-32)36-20-9-12-25-44(36)60-45)55-52(56-50)58-43-24-11-8-19-35(43)38-28-27-37-34-18-7-10-23-42(34)57(46(37)47(38)58)33-16-5-2-6-17-33/h1-30H. The molecule has 280 valence electrons. The van der Waals surface area contributed by atoms with Gasteiger partial charge < -0.3 is 8.98 Å². The first kappa shape index (κ1) is 33.1. The van der Waals surface area contributed by atoms with Crippen LogP contribution in [0.2, 0.25) is 0 Å². The summed E-state index contributed by atoms with van der Waals surface area (Å²) in [5.74, 6) is 2.11. The normalized spacial score (nSPS) is 12.0. The van der Waals surface area contributed by atoms with Gasteiger partial charge >= 0.3 is 0 Å². The highest BCUT2D eigenvalue weighted by Gasteiger charge is 2.24. The van der Waals surface area contributed by atoms with Crippen molar-refractivity contribution in [2.45, 2.75) is 0 Å². The zero-order chi connectivity index (χ0) is 39.3. The number of thiophene rings is 1. The number of aromatic nitrogens is 6. The zero-order valence-corrected chi connectivity index (χ0v) is 32.6. The minimum Gasteiger partial charge on any atom is -0.435 e. The molecule has 0 unspecified atom stereocenters. The van der Waals surface area contributed by atoms with Crippen LogP contribution in [0.25, 0.3) is 121 Å². The van der Waals surface area contributed by atoms with Crippen molar-refractivity contribution >= 4 is 86.2 Å². The molecule has 0 amide bonds. The molecule has 0 fully saturated rings. The van der Waals surface area contributed by atoms with Crippen molar-refractivity contribution in [3.63, 3.8) is 0 Å². The van der Waals surface area contributed by atoms with E-state index in [2.05, 4.69) is 143 Å². The summed E-state index contributed by atoms with van der Waals surface area (Å²) in [6.45, 7) is 0. The van der Waals surface area contributed by atoms with Gasteiger partial charge in [-0.15, -0.1) is 11.3 Å². The lowest BCUT2D eigenvalue weighted by atomic mass is 10.1. The van der Waals surface area contributed by atoms with Gasteiger partial charge in [0.15, 0.2) is 17.2 Å². The second kappa shape index (κ2) is 12.8. The van der Waals surface area contributed by atoms with Gasteiger partial charge in [-0.3, -0.25) is 4.57 Å². The van der Waals surface area contributed by atoms with Gasteiger partial charge in [-0.25, -0.2) is 9.97 Å². The van der Waals surface area contributed by atoms with Crippen LogP contribution in [0.1, 0.15) is 0 Å². The van der Waals surface area contributed by atoms with Crippen molar-refractivity contribution in [3.8, 4) is 45.9 Å². The third kappa shape index (κ3) is 4.88. The van der Waals surface area contributed by atoms with Crippen molar-refractivity contribution in [1.82, 2.24) is 29.1 Å². The minimum atomic E-state index is 0.494. The van der Waals surface area contributed by atoms with E-state index in [0.29, 0.717) is 29.1 Å². The summed E-state index contributed by atoms with van der Waals surface area (Å²) in [7, 11) is 0. The molecule has 8 heteroatoms.